The van der Waals surface area contributed by atoms with E-state index in [0.717, 1.165) is 24.3 Å². The summed E-state index contributed by atoms with van der Waals surface area (Å²) in [4.78, 5) is 9.71. The highest BCUT2D eigenvalue weighted by atomic mass is 32.2. The van der Waals surface area contributed by atoms with E-state index < -0.39 is 14.9 Å². The first-order valence-corrected chi connectivity index (χ1v) is 6.49. The van der Waals surface area contributed by atoms with Crippen LogP contribution in [0.1, 0.15) is 13.8 Å². The topological polar surface area (TPSA) is 98.9 Å². The molecular weight excluding hydrogens is 260 g/mol. The van der Waals surface area contributed by atoms with Crippen molar-refractivity contribution >= 4 is 21.6 Å². The Kier molecular flexibility index (Phi) is 4.38. The van der Waals surface area contributed by atoms with Crippen LogP contribution in [0, 0.1) is 10.1 Å². The summed E-state index contributed by atoms with van der Waals surface area (Å²) in [5.41, 5.74) is -0.181. The second kappa shape index (κ2) is 5.58. The average molecular weight is 272 g/mol. The second-order valence-electron chi connectivity index (χ2n) is 3.27. The molecule has 1 aromatic rings. The Morgan fingerprint density at radius 2 is 1.94 bits per heavy atom. The van der Waals surface area contributed by atoms with Crippen molar-refractivity contribution in [3.63, 3.8) is 0 Å². The molecule has 0 unspecified atom stereocenters. The number of sulfonamides is 1. The predicted molar refractivity (Wildman–Crippen MR) is 65.0 cm³/mol. The molecule has 0 fully saturated rings. The summed E-state index contributed by atoms with van der Waals surface area (Å²) in [6.07, 6.45) is 0. The zero-order valence-corrected chi connectivity index (χ0v) is 10.7. The summed E-state index contributed by atoms with van der Waals surface area (Å²) in [5, 5.41) is 10.4. The van der Waals surface area contributed by atoms with Crippen molar-refractivity contribution in [2.75, 3.05) is 6.61 Å². The molecule has 18 heavy (non-hydrogen) atoms. The van der Waals surface area contributed by atoms with Crippen molar-refractivity contribution in [1.29, 1.82) is 0 Å². The zero-order chi connectivity index (χ0) is 13.8. The molecule has 0 saturated carbocycles. The third-order valence-electron chi connectivity index (χ3n) is 1.95. The predicted octanol–water partition coefficient (Wildman–Crippen LogP) is 1.74. The molecular formula is C10H12N2O5S. The molecule has 7 nitrogen and oxygen atoms in total. The quantitative estimate of drug-likeness (QED) is 0.360. The van der Waals surface area contributed by atoms with Gasteiger partial charge in [-0.1, -0.05) is 0 Å². The first kappa shape index (κ1) is 14.1. The highest BCUT2D eigenvalue weighted by molar-refractivity contribution is 7.90. The summed E-state index contributed by atoms with van der Waals surface area (Å²) < 4.78 is 31.9. The van der Waals surface area contributed by atoms with Crippen LogP contribution in [-0.2, 0) is 14.8 Å². The molecule has 0 radical (unpaired) electrons. The third kappa shape index (κ3) is 3.52. The van der Waals surface area contributed by atoms with Gasteiger partial charge in [0.2, 0.25) is 0 Å². The maximum Gasteiger partial charge on any atom is 0.285 e. The summed E-state index contributed by atoms with van der Waals surface area (Å²) in [5.74, 6) is 0.0239. The maximum absolute atomic E-state index is 11.8. The minimum atomic E-state index is -3.88. The number of hydrogen-bond acceptors (Lipinski definition) is 5. The number of non-ortho nitro benzene ring substituents is 1. The van der Waals surface area contributed by atoms with Crippen molar-refractivity contribution in [2.45, 2.75) is 18.7 Å². The number of ether oxygens (including phenoxy) is 1. The van der Waals surface area contributed by atoms with Gasteiger partial charge in [-0.3, -0.25) is 10.1 Å². The number of benzene rings is 1. The lowest BCUT2D eigenvalue weighted by molar-refractivity contribution is -0.384. The normalized spacial score (nSPS) is 12.2. The smallest absolute Gasteiger partial charge is 0.285 e. The number of hydrogen-bond donors (Lipinski definition) is 0. The molecule has 0 bridgehead atoms. The Morgan fingerprint density at radius 1 is 1.39 bits per heavy atom. The van der Waals surface area contributed by atoms with Gasteiger partial charge in [-0.15, -0.1) is 4.40 Å². The number of rotatable bonds is 4. The van der Waals surface area contributed by atoms with Crippen LogP contribution in [0.2, 0.25) is 0 Å². The van der Waals surface area contributed by atoms with E-state index in [1.807, 2.05) is 0 Å². The Labute approximate surface area is 104 Å². The molecule has 0 aliphatic heterocycles. The minimum absolute atomic E-state index is 0.0239. The van der Waals surface area contributed by atoms with Gasteiger partial charge in [0.25, 0.3) is 15.7 Å². The van der Waals surface area contributed by atoms with Crippen molar-refractivity contribution in [3.05, 3.63) is 34.4 Å². The highest BCUT2D eigenvalue weighted by Crippen LogP contribution is 2.17. The van der Waals surface area contributed by atoms with Crippen molar-refractivity contribution < 1.29 is 18.1 Å². The van der Waals surface area contributed by atoms with Gasteiger partial charge in [0.15, 0.2) is 5.90 Å². The highest BCUT2D eigenvalue weighted by Gasteiger charge is 2.15. The van der Waals surface area contributed by atoms with Gasteiger partial charge >= 0.3 is 0 Å². The van der Waals surface area contributed by atoms with Crippen LogP contribution in [0.4, 0.5) is 5.69 Å². The summed E-state index contributed by atoms with van der Waals surface area (Å²) >= 11 is 0. The van der Waals surface area contributed by atoms with Crippen LogP contribution in [0.15, 0.2) is 33.6 Å². The Morgan fingerprint density at radius 3 is 2.39 bits per heavy atom. The molecule has 0 aliphatic rings. The standard InChI is InChI=1S/C10H12N2O5S/c1-3-17-8(2)11-18(15,16)10-6-4-9(5-7-10)12(13)14/h4-7H,3H2,1-2H3/b11-8+. The molecule has 0 atom stereocenters. The van der Waals surface area contributed by atoms with E-state index in [1.54, 1.807) is 6.92 Å². The average Bonchev–Trinajstić information content (AvgIpc) is 2.28. The van der Waals surface area contributed by atoms with Crippen LogP contribution >= 0.6 is 0 Å². The molecule has 0 N–H and O–H groups in total. The molecule has 0 aliphatic carbocycles. The van der Waals surface area contributed by atoms with Gasteiger partial charge in [0.05, 0.1) is 16.4 Å². The molecule has 0 aromatic heterocycles. The first-order chi connectivity index (χ1) is 8.36. The fourth-order valence-corrected chi connectivity index (χ4v) is 2.17. The van der Waals surface area contributed by atoms with Crippen LogP contribution in [-0.4, -0.2) is 25.8 Å². The summed E-state index contributed by atoms with van der Waals surface area (Å²) in [7, 11) is -3.88. The zero-order valence-electron chi connectivity index (χ0n) is 9.86. The van der Waals surface area contributed by atoms with Crippen molar-refractivity contribution in [1.82, 2.24) is 0 Å². The molecule has 1 aromatic carbocycles. The second-order valence-corrected chi connectivity index (χ2v) is 4.87. The number of nitro groups is 1. The Balaban J connectivity index is 3.06. The van der Waals surface area contributed by atoms with Crippen molar-refractivity contribution in [2.24, 2.45) is 4.40 Å². The molecule has 8 heteroatoms. The molecule has 0 heterocycles. The maximum atomic E-state index is 11.8. The van der Waals surface area contributed by atoms with Gasteiger partial charge in [-0.05, 0) is 19.1 Å². The molecule has 0 saturated heterocycles. The summed E-state index contributed by atoms with van der Waals surface area (Å²) in [6, 6.07) is 4.49. The largest absolute Gasteiger partial charge is 0.481 e. The van der Waals surface area contributed by atoms with Crippen LogP contribution < -0.4 is 0 Å². The lowest BCUT2D eigenvalue weighted by atomic mass is 10.3. The minimum Gasteiger partial charge on any atom is -0.481 e. The van der Waals surface area contributed by atoms with E-state index in [1.165, 1.54) is 6.92 Å². The molecule has 1 rings (SSSR count). The van der Waals surface area contributed by atoms with Gasteiger partial charge in [-0.25, -0.2) is 0 Å². The van der Waals surface area contributed by atoms with Gasteiger partial charge in [-0.2, -0.15) is 8.42 Å². The van der Waals surface area contributed by atoms with Gasteiger partial charge in [0.1, 0.15) is 0 Å². The Hall–Kier alpha value is -1.96. The van der Waals surface area contributed by atoms with Crippen molar-refractivity contribution in [3.8, 4) is 0 Å². The number of nitro benzene ring substituents is 1. The van der Waals surface area contributed by atoms with E-state index in [0.29, 0.717) is 6.61 Å². The lowest BCUT2D eigenvalue weighted by Gasteiger charge is -2.02. The molecule has 98 valence electrons. The van der Waals surface area contributed by atoms with E-state index in [4.69, 9.17) is 4.74 Å². The monoisotopic (exact) mass is 272 g/mol. The van der Waals surface area contributed by atoms with Crippen LogP contribution in [0.25, 0.3) is 0 Å². The molecule has 0 spiro atoms. The fourth-order valence-electron chi connectivity index (χ4n) is 1.20. The van der Waals surface area contributed by atoms with E-state index in [9.17, 15) is 18.5 Å². The fraction of sp³-hybridized carbons (Fsp3) is 0.300. The van der Waals surface area contributed by atoms with E-state index in [-0.39, 0.29) is 16.5 Å². The van der Waals surface area contributed by atoms with Gasteiger partial charge in [0, 0.05) is 19.1 Å². The SMILES string of the molecule is CCO/C(C)=N/S(=O)(=O)c1ccc([N+](=O)[O-])cc1. The summed E-state index contributed by atoms with van der Waals surface area (Å²) in [6.45, 7) is 3.44. The lowest BCUT2D eigenvalue weighted by Crippen LogP contribution is -2.05. The molecule has 0 amide bonds. The van der Waals surface area contributed by atoms with Crippen LogP contribution in [0.5, 0.6) is 0 Å². The number of nitrogens with zero attached hydrogens (tertiary/aromatic N) is 2. The van der Waals surface area contributed by atoms with E-state index >= 15 is 0 Å². The van der Waals surface area contributed by atoms with Gasteiger partial charge < -0.3 is 4.74 Å². The van der Waals surface area contributed by atoms with E-state index in [2.05, 4.69) is 4.40 Å². The first-order valence-electron chi connectivity index (χ1n) is 5.05. The van der Waals surface area contributed by atoms with Crippen LogP contribution in [0.3, 0.4) is 0 Å². The third-order valence-corrected chi connectivity index (χ3v) is 3.31. The Bertz CT molecular complexity index is 562.